The Bertz CT molecular complexity index is 734. The molecule has 23 heavy (non-hydrogen) atoms. The molecule has 0 bridgehead atoms. The summed E-state index contributed by atoms with van der Waals surface area (Å²) in [5, 5.41) is 6.78. The van der Waals surface area contributed by atoms with Crippen molar-refractivity contribution in [2.24, 2.45) is 7.05 Å². The molecular weight excluding hydrogens is 290 g/mol. The number of anilines is 1. The number of nitrogens with one attached hydrogen (secondary N) is 1. The molecule has 1 aliphatic rings. The van der Waals surface area contributed by atoms with Crippen LogP contribution in [0.3, 0.4) is 0 Å². The third-order valence-electron chi connectivity index (χ3n) is 4.23. The van der Waals surface area contributed by atoms with Crippen molar-refractivity contribution in [3.63, 3.8) is 0 Å². The molecule has 3 rings (SSSR count). The largest absolute Gasteiger partial charge is 0.309 e. The maximum atomic E-state index is 12.3. The van der Waals surface area contributed by atoms with Gasteiger partial charge >= 0.3 is 0 Å². The fraction of sp³-hybridized carbons (Fsp3) is 0.389. The van der Waals surface area contributed by atoms with Crippen molar-refractivity contribution < 1.29 is 9.59 Å². The highest BCUT2D eigenvalue weighted by molar-refractivity contribution is 6.00. The second kappa shape index (κ2) is 6.77. The van der Waals surface area contributed by atoms with Crippen LogP contribution in [0.2, 0.25) is 0 Å². The molecule has 0 radical (unpaired) electrons. The van der Waals surface area contributed by atoms with Crippen LogP contribution in [0.25, 0.3) is 0 Å². The number of hydrogen-bond acceptors (Lipinski definition) is 3. The normalized spacial score (nSPS) is 13.4. The summed E-state index contributed by atoms with van der Waals surface area (Å²) in [5.74, 6) is 0.350. The summed E-state index contributed by atoms with van der Waals surface area (Å²) < 4.78 is 1.62. The van der Waals surface area contributed by atoms with Gasteiger partial charge in [0.1, 0.15) is 0 Å². The number of hydrogen-bond donors (Lipinski definition) is 1. The van der Waals surface area contributed by atoms with E-state index in [0.29, 0.717) is 5.82 Å². The van der Waals surface area contributed by atoms with Gasteiger partial charge in [-0.1, -0.05) is 12.1 Å². The van der Waals surface area contributed by atoms with Crippen LogP contribution in [0, 0.1) is 0 Å². The van der Waals surface area contributed by atoms with E-state index in [4.69, 9.17) is 0 Å². The number of benzene rings is 1. The van der Waals surface area contributed by atoms with Gasteiger partial charge in [0.15, 0.2) is 11.6 Å². The maximum Gasteiger partial charge on any atom is 0.226 e. The molecule has 1 aromatic carbocycles. The lowest BCUT2D eigenvalue weighted by Crippen LogP contribution is -2.14. The molecule has 2 aromatic rings. The molecule has 1 amide bonds. The molecule has 1 N–H and O–H groups in total. The number of aromatic nitrogens is 2. The zero-order valence-electron chi connectivity index (χ0n) is 13.3. The lowest BCUT2D eigenvalue weighted by molar-refractivity contribution is -0.116. The van der Waals surface area contributed by atoms with Crippen molar-refractivity contribution in [1.82, 2.24) is 9.78 Å². The van der Waals surface area contributed by atoms with Gasteiger partial charge in [0, 0.05) is 37.7 Å². The van der Waals surface area contributed by atoms with E-state index in [2.05, 4.69) is 16.5 Å². The number of fused-ring (bicyclic) bond motifs is 1. The molecule has 0 fully saturated rings. The molecule has 0 atom stereocenters. The van der Waals surface area contributed by atoms with Gasteiger partial charge in [0.05, 0.1) is 0 Å². The topological polar surface area (TPSA) is 64.0 Å². The van der Waals surface area contributed by atoms with E-state index in [1.807, 2.05) is 12.1 Å². The van der Waals surface area contributed by atoms with Gasteiger partial charge in [-0.2, -0.15) is 5.10 Å². The summed E-state index contributed by atoms with van der Waals surface area (Å²) >= 11 is 0. The standard InChI is InChI=1S/C18H21N3O2/c1-21-11-10-17(20-21)19-18(23)9-8-16(22)15-7-6-13-4-2-3-5-14(13)12-15/h6-7,10-12H,2-5,8-9H2,1H3,(H,19,20,23). The number of ketones is 1. The van der Waals surface area contributed by atoms with Crippen molar-refractivity contribution in [3.8, 4) is 0 Å². The third kappa shape index (κ3) is 3.86. The first-order valence-electron chi connectivity index (χ1n) is 8.06. The van der Waals surface area contributed by atoms with Gasteiger partial charge < -0.3 is 5.32 Å². The minimum Gasteiger partial charge on any atom is -0.309 e. The maximum absolute atomic E-state index is 12.3. The highest BCUT2D eigenvalue weighted by Crippen LogP contribution is 2.23. The third-order valence-corrected chi connectivity index (χ3v) is 4.23. The summed E-state index contributed by atoms with van der Waals surface area (Å²) in [6.45, 7) is 0. The molecule has 5 nitrogen and oxygen atoms in total. The van der Waals surface area contributed by atoms with Crippen LogP contribution in [0.4, 0.5) is 5.82 Å². The Kier molecular flexibility index (Phi) is 4.55. The summed E-state index contributed by atoms with van der Waals surface area (Å²) in [5.41, 5.74) is 3.37. The minimum atomic E-state index is -0.185. The second-order valence-electron chi connectivity index (χ2n) is 6.04. The van der Waals surface area contributed by atoms with Crippen LogP contribution in [0.5, 0.6) is 0 Å². The van der Waals surface area contributed by atoms with Gasteiger partial charge in [-0.15, -0.1) is 0 Å². The summed E-state index contributed by atoms with van der Waals surface area (Å²) in [6.07, 6.45) is 6.73. The lowest BCUT2D eigenvalue weighted by atomic mass is 9.89. The number of carbonyl (C=O) groups is 2. The van der Waals surface area contributed by atoms with Gasteiger partial charge in [0.25, 0.3) is 0 Å². The van der Waals surface area contributed by atoms with Crippen LogP contribution in [-0.2, 0) is 24.7 Å². The first-order valence-corrected chi connectivity index (χ1v) is 8.06. The van der Waals surface area contributed by atoms with Gasteiger partial charge in [0.2, 0.25) is 5.91 Å². The molecule has 0 unspecified atom stereocenters. The first-order chi connectivity index (χ1) is 11.1. The number of aryl methyl sites for hydroxylation is 3. The Morgan fingerprint density at radius 3 is 2.65 bits per heavy atom. The van der Waals surface area contributed by atoms with E-state index in [1.165, 1.54) is 24.0 Å². The fourth-order valence-electron chi connectivity index (χ4n) is 2.97. The summed E-state index contributed by atoms with van der Waals surface area (Å²) in [6, 6.07) is 7.69. The predicted molar refractivity (Wildman–Crippen MR) is 88.5 cm³/mol. The SMILES string of the molecule is Cn1ccc(NC(=O)CCC(=O)c2ccc3c(c2)CCCC3)n1. The van der Waals surface area contributed by atoms with Crippen LogP contribution < -0.4 is 5.32 Å². The van der Waals surface area contributed by atoms with Crippen molar-refractivity contribution >= 4 is 17.5 Å². The van der Waals surface area contributed by atoms with Crippen molar-refractivity contribution in [2.45, 2.75) is 38.5 Å². The average Bonchev–Trinajstić information content (AvgIpc) is 2.97. The van der Waals surface area contributed by atoms with Crippen molar-refractivity contribution in [3.05, 3.63) is 47.2 Å². The molecule has 1 heterocycles. The summed E-state index contributed by atoms with van der Waals surface area (Å²) in [7, 11) is 1.79. The molecule has 0 aliphatic heterocycles. The average molecular weight is 311 g/mol. The van der Waals surface area contributed by atoms with Crippen LogP contribution in [0.15, 0.2) is 30.5 Å². The molecule has 1 aliphatic carbocycles. The molecule has 120 valence electrons. The van der Waals surface area contributed by atoms with Crippen molar-refractivity contribution in [2.75, 3.05) is 5.32 Å². The molecule has 0 saturated carbocycles. The number of Topliss-reactive ketones (excluding diaryl/α,β-unsaturated/α-hetero) is 1. The van der Waals surface area contributed by atoms with Crippen LogP contribution in [0.1, 0.15) is 47.2 Å². The van der Waals surface area contributed by atoms with Gasteiger partial charge in [-0.25, -0.2) is 0 Å². The highest BCUT2D eigenvalue weighted by atomic mass is 16.2. The minimum absolute atomic E-state index is 0.0227. The zero-order valence-corrected chi connectivity index (χ0v) is 13.3. The van der Waals surface area contributed by atoms with Gasteiger partial charge in [-0.3, -0.25) is 14.3 Å². The molecule has 5 heteroatoms. The molecule has 0 saturated heterocycles. The second-order valence-corrected chi connectivity index (χ2v) is 6.04. The monoisotopic (exact) mass is 311 g/mol. The summed E-state index contributed by atoms with van der Waals surface area (Å²) in [4.78, 5) is 24.2. The smallest absolute Gasteiger partial charge is 0.226 e. The Hall–Kier alpha value is -2.43. The van der Waals surface area contributed by atoms with E-state index in [0.717, 1.165) is 18.4 Å². The number of nitrogens with zero attached hydrogens (tertiary/aromatic N) is 2. The molecule has 0 spiro atoms. The van der Waals surface area contributed by atoms with Crippen LogP contribution in [-0.4, -0.2) is 21.5 Å². The van der Waals surface area contributed by atoms with Gasteiger partial charge in [-0.05, 0) is 42.9 Å². The highest BCUT2D eigenvalue weighted by Gasteiger charge is 2.14. The number of carbonyl (C=O) groups excluding carboxylic acids is 2. The molecule has 1 aromatic heterocycles. The Morgan fingerprint density at radius 1 is 1.13 bits per heavy atom. The Balaban J connectivity index is 1.55. The number of rotatable bonds is 5. The predicted octanol–water partition coefficient (Wildman–Crippen LogP) is 2.90. The van der Waals surface area contributed by atoms with E-state index in [9.17, 15) is 9.59 Å². The quantitative estimate of drug-likeness (QED) is 0.864. The molecular formula is C18H21N3O2. The van der Waals surface area contributed by atoms with Crippen LogP contribution >= 0.6 is 0 Å². The zero-order chi connectivity index (χ0) is 16.2. The Labute approximate surface area is 135 Å². The van der Waals surface area contributed by atoms with E-state index in [1.54, 1.807) is 24.0 Å². The first kappa shape index (κ1) is 15.5. The lowest BCUT2D eigenvalue weighted by Gasteiger charge is -2.16. The van der Waals surface area contributed by atoms with E-state index >= 15 is 0 Å². The Morgan fingerprint density at radius 2 is 1.91 bits per heavy atom. The van der Waals surface area contributed by atoms with E-state index < -0.39 is 0 Å². The fourth-order valence-corrected chi connectivity index (χ4v) is 2.97. The van der Waals surface area contributed by atoms with Crippen molar-refractivity contribution in [1.29, 1.82) is 0 Å². The number of amides is 1. The van der Waals surface area contributed by atoms with E-state index in [-0.39, 0.29) is 24.5 Å².